The highest BCUT2D eigenvalue weighted by Gasteiger charge is 2.29. The molecule has 0 bridgehead atoms. The molecule has 0 amide bonds. The Kier molecular flexibility index (Phi) is 3.85. The van der Waals surface area contributed by atoms with Gasteiger partial charge in [0.1, 0.15) is 0 Å². The summed E-state index contributed by atoms with van der Waals surface area (Å²) in [5, 5.41) is 4.06. The minimum atomic E-state index is -4.28. The van der Waals surface area contributed by atoms with E-state index in [0.717, 1.165) is 28.6 Å². The maximum Gasteiger partial charge on any atom is 0.416 e. The van der Waals surface area contributed by atoms with E-state index in [1.165, 1.54) is 12.1 Å². The molecule has 0 spiro atoms. The van der Waals surface area contributed by atoms with Crippen LogP contribution in [0.4, 0.5) is 13.2 Å². The first-order valence-corrected chi connectivity index (χ1v) is 6.53. The fourth-order valence-electron chi connectivity index (χ4n) is 1.55. The number of hydrogen-bond donors (Lipinski definition) is 1. The van der Waals surface area contributed by atoms with E-state index >= 15 is 0 Å². The largest absolute Gasteiger partial charge is 0.416 e. The van der Waals surface area contributed by atoms with Crippen molar-refractivity contribution in [2.45, 2.75) is 25.7 Å². The first-order chi connectivity index (χ1) is 8.45. The van der Waals surface area contributed by atoms with E-state index in [1.807, 2.05) is 0 Å². The van der Waals surface area contributed by atoms with Gasteiger partial charge in [0, 0.05) is 11.8 Å². The molecule has 1 heterocycles. The molecule has 0 saturated carbocycles. The van der Waals surface area contributed by atoms with Crippen LogP contribution in [0.2, 0.25) is 0 Å². The van der Waals surface area contributed by atoms with Crippen molar-refractivity contribution < 1.29 is 13.2 Å². The number of hydrogen-bond acceptors (Lipinski definition) is 2. The summed E-state index contributed by atoms with van der Waals surface area (Å²) in [6.07, 6.45) is -4.28. The second-order valence-corrected chi connectivity index (χ2v) is 5.18. The quantitative estimate of drug-likeness (QED) is 0.895. The Morgan fingerprint density at radius 3 is 2.50 bits per heavy atom. The van der Waals surface area contributed by atoms with Gasteiger partial charge in [-0.1, -0.05) is 23.9 Å². The smallest absolute Gasteiger partial charge is 0.362 e. The second-order valence-electron chi connectivity index (χ2n) is 4.17. The third-order valence-corrected chi connectivity index (χ3v) is 3.71. The van der Waals surface area contributed by atoms with Gasteiger partial charge in [-0.3, -0.25) is 4.99 Å². The zero-order valence-electron chi connectivity index (χ0n) is 9.79. The molecule has 98 valence electrons. The number of alkyl halides is 3. The van der Waals surface area contributed by atoms with Crippen molar-refractivity contribution >= 4 is 16.9 Å². The molecule has 2 rings (SSSR count). The van der Waals surface area contributed by atoms with Crippen LogP contribution in [0.1, 0.15) is 18.1 Å². The molecule has 0 radical (unpaired) electrons. The van der Waals surface area contributed by atoms with Gasteiger partial charge in [0.2, 0.25) is 0 Å². The maximum absolute atomic E-state index is 12.4. The van der Waals surface area contributed by atoms with Gasteiger partial charge < -0.3 is 5.32 Å². The molecule has 1 aromatic carbocycles. The van der Waals surface area contributed by atoms with Crippen molar-refractivity contribution in [2.24, 2.45) is 4.99 Å². The highest BCUT2D eigenvalue weighted by atomic mass is 32.2. The van der Waals surface area contributed by atoms with E-state index in [4.69, 9.17) is 0 Å². The van der Waals surface area contributed by atoms with Crippen LogP contribution in [0.5, 0.6) is 0 Å². The van der Waals surface area contributed by atoms with Gasteiger partial charge in [-0.25, -0.2) is 0 Å². The Morgan fingerprint density at radius 1 is 1.33 bits per heavy atom. The summed E-state index contributed by atoms with van der Waals surface area (Å²) in [4.78, 5) is 4.32. The van der Waals surface area contributed by atoms with Gasteiger partial charge in [-0.2, -0.15) is 13.2 Å². The summed E-state index contributed by atoms with van der Waals surface area (Å²) < 4.78 is 37.1. The molecular weight excluding hydrogens is 261 g/mol. The van der Waals surface area contributed by atoms with Crippen LogP contribution in [0.25, 0.3) is 0 Å². The summed E-state index contributed by atoms with van der Waals surface area (Å²) in [6, 6.07) is 5.52. The molecule has 1 unspecified atom stereocenters. The summed E-state index contributed by atoms with van der Waals surface area (Å²) in [6.45, 7) is 2.47. The lowest BCUT2D eigenvalue weighted by atomic mass is 10.1. The fourth-order valence-corrected chi connectivity index (χ4v) is 2.48. The molecule has 1 aliphatic rings. The predicted molar refractivity (Wildman–Crippen MR) is 67.6 cm³/mol. The van der Waals surface area contributed by atoms with E-state index in [1.54, 1.807) is 11.8 Å². The summed E-state index contributed by atoms with van der Waals surface area (Å²) in [5.41, 5.74) is 0.151. The SMILES string of the molecule is CC1CSC(=NCc2ccc(C(F)(F)F)cc2)N1. The van der Waals surface area contributed by atoms with E-state index in [0.29, 0.717) is 12.6 Å². The number of benzene rings is 1. The lowest BCUT2D eigenvalue weighted by molar-refractivity contribution is -0.137. The van der Waals surface area contributed by atoms with E-state index < -0.39 is 11.7 Å². The third kappa shape index (κ3) is 3.41. The van der Waals surface area contributed by atoms with Crippen molar-refractivity contribution in [1.82, 2.24) is 5.32 Å². The normalized spacial score (nSPS) is 22.2. The number of amidine groups is 1. The second kappa shape index (κ2) is 5.22. The average Bonchev–Trinajstić information content (AvgIpc) is 2.72. The molecule has 1 saturated heterocycles. The number of nitrogens with zero attached hydrogens (tertiary/aromatic N) is 1. The Balaban J connectivity index is 1.99. The molecule has 0 aromatic heterocycles. The third-order valence-electron chi connectivity index (χ3n) is 2.53. The van der Waals surface area contributed by atoms with Crippen LogP contribution in [0.15, 0.2) is 29.3 Å². The number of rotatable bonds is 2. The molecular formula is C12H13F3N2S. The number of aliphatic imine (C=N–C) groups is 1. The summed E-state index contributed by atoms with van der Waals surface area (Å²) in [5.74, 6) is 0.978. The fraction of sp³-hybridized carbons (Fsp3) is 0.417. The van der Waals surface area contributed by atoms with Crippen LogP contribution in [0, 0.1) is 0 Å². The highest BCUT2D eigenvalue weighted by molar-refractivity contribution is 8.14. The Hall–Kier alpha value is -1.17. The molecule has 1 aromatic rings. The van der Waals surface area contributed by atoms with Gasteiger partial charge in [-0.15, -0.1) is 0 Å². The average molecular weight is 274 g/mol. The molecule has 1 aliphatic heterocycles. The first kappa shape index (κ1) is 13.3. The lowest BCUT2D eigenvalue weighted by Gasteiger charge is -2.06. The van der Waals surface area contributed by atoms with Gasteiger partial charge in [0.05, 0.1) is 12.1 Å². The van der Waals surface area contributed by atoms with Crippen LogP contribution in [-0.4, -0.2) is 17.0 Å². The van der Waals surface area contributed by atoms with Crippen LogP contribution < -0.4 is 5.32 Å². The molecule has 1 atom stereocenters. The standard InChI is InChI=1S/C12H13F3N2S/c1-8-7-18-11(17-8)16-6-9-2-4-10(5-3-9)12(13,14)15/h2-5,8H,6-7H2,1H3,(H,16,17). The zero-order chi connectivity index (χ0) is 13.2. The van der Waals surface area contributed by atoms with E-state index in [-0.39, 0.29) is 0 Å². The number of nitrogens with one attached hydrogen (secondary N) is 1. The van der Waals surface area contributed by atoms with Crippen molar-refractivity contribution in [2.75, 3.05) is 5.75 Å². The Bertz CT molecular complexity index is 440. The predicted octanol–water partition coefficient (Wildman–Crippen LogP) is 3.29. The minimum absolute atomic E-state index is 0.403. The highest BCUT2D eigenvalue weighted by Crippen LogP contribution is 2.29. The van der Waals surface area contributed by atoms with Crippen molar-refractivity contribution in [3.8, 4) is 0 Å². The van der Waals surface area contributed by atoms with Gasteiger partial charge in [0.15, 0.2) is 5.17 Å². The van der Waals surface area contributed by atoms with E-state index in [2.05, 4.69) is 17.2 Å². The first-order valence-electron chi connectivity index (χ1n) is 5.55. The Morgan fingerprint density at radius 2 is 2.00 bits per heavy atom. The van der Waals surface area contributed by atoms with Crippen LogP contribution >= 0.6 is 11.8 Å². The summed E-state index contributed by atoms with van der Waals surface area (Å²) >= 11 is 1.64. The van der Waals surface area contributed by atoms with Crippen LogP contribution in [0.3, 0.4) is 0 Å². The molecule has 2 nitrogen and oxygen atoms in total. The summed E-state index contributed by atoms with van der Waals surface area (Å²) in [7, 11) is 0. The van der Waals surface area contributed by atoms with E-state index in [9.17, 15) is 13.2 Å². The topological polar surface area (TPSA) is 24.4 Å². The molecule has 1 N–H and O–H groups in total. The molecule has 0 aliphatic carbocycles. The Labute approximate surface area is 108 Å². The number of thioether (sulfide) groups is 1. The number of halogens is 3. The van der Waals surface area contributed by atoms with Crippen molar-refractivity contribution in [3.63, 3.8) is 0 Å². The minimum Gasteiger partial charge on any atom is -0.362 e. The molecule has 6 heteroatoms. The van der Waals surface area contributed by atoms with Crippen molar-refractivity contribution in [3.05, 3.63) is 35.4 Å². The maximum atomic E-state index is 12.4. The monoisotopic (exact) mass is 274 g/mol. The lowest BCUT2D eigenvalue weighted by Crippen LogP contribution is -2.23. The van der Waals surface area contributed by atoms with Crippen LogP contribution in [-0.2, 0) is 12.7 Å². The molecule has 18 heavy (non-hydrogen) atoms. The van der Waals surface area contributed by atoms with Gasteiger partial charge in [0.25, 0.3) is 0 Å². The molecule has 1 fully saturated rings. The zero-order valence-corrected chi connectivity index (χ0v) is 10.6. The van der Waals surface area contributed by atoms with Gasteiger partial charge in [-0.05, 0) is 24.6 Å². The van der Waals surface area contributed by atoms with Crippen molar-refractivity contribution in [1.29, 1.82) is 0 Å². The van der Waals surface area contributed by atoms with Gasteiger partial charge >= 0.3 is 6.18 Å².